The molecule has 1 aliphatic heterocycles. The first-order valence-electron chi connectivity index (χ1n) is 9.11. The van der Waals surface area contributed by atoms with Crippen LogP contribution < -0.4 is 10.2 Å². The molecular formula is C20H24N2O3S2. The van der Waals surface area contributed by atoms with E-state index in [1.807, 2.05) is 41.8 Å². The van der Waals surface area contributed by atoms with Crippen LogP contribution >= 0.6 is 23.1 Å². The molecule has 0 bridgehead atoms. The van der Waals surface area contributed by atoms with Gasteiger partial charge in [0.15, 0.2) is 6.61 Å². The third-order valence-corrected chi connectivity index (χ3v) is 6.29. The van der Waals surface area contributed by atoms with Crippen molar-refractivity contribution in [2.24, 2.45) is 0 Å². The summed E-state index contributed by atoms with van der Waals surface area (Å²) in [6.45, 7) is 1.92. The Balaban J connectivity index is 1.35. The molecule has 1 amide bonds. The number of anilines is 2. The topological polar surface area (TPSA) is 58.6 Å². The van der Waals surface area contributed by atoms with Gasteiger partial charge in [-0.3, -0.25) is 9.59 Å². The zero-order valence-corrected chi connectivity index (χ0v) is 16.8. The number of ether oxygens (including phenoxy) is 1. The number of benzene rings is 1. The fraction of sp³-hybridized carbons (Fsp3) is 0.400. The largest absolute Gasteiger partial charge is 0.455 e. The molecule has 1 aromatic carbocycles. The maximum absolute atomic E-state index is 12.0. The Kier molecular flexibility index (Phi) is 7.59. The lowest BCUT2D eigenvalue weighted by Gasteiger charge is -2.28. The number of rotatable bonds is 8. The second-order valence-corrected chi connectivity index (χ2v) is 8.39. The van der Waals surface area contributed by atoms with E-state index in [0.717, 1.165) is 18.8 Å². The molecule has 2 heterocycles. The van der Waals surface area contributed by atoms with Crippen LogP contribution in [0.4, 0.5) is 11.4 Å². The van der Waals surface area contributed by atoms with E-state index in [1.165, 1.54) is 41.6 Å². The first-order chi connectivity index (χ1) is 13.2. The van der Waals surface area contributed by atoms with Crippen molar-refractivity contribution in [3.05, 3.63) is 46.7 Å². The highest BCUT2D eigenvalue weighted by Gasteiger charge is 2.12. The highest BCUT2D eigenvalue weighted by atomic mass is 32.2. The minimum absolute atomic E-state index is 0.246. The van der Waals surface area contributed by atoms with Gasteiger partial charge in [0.1, 0.15) is 0 Å². The summed E-state index contributed by atoms with van der Waals surface area (Å²) >= 11 is 3.15. The Hall–Kier alpha value is -1.99. The Morgan fingerprint density at radius 3 is 2.59 bits per heavy atom. The molecule has 1 fully saturated rings. The first-order valence-corrected chi connectivity index (χ1v) is 11.1. The van der Waals surface area contributed by atoms with Crippen molar-refractivity contribution >= 4 is 46.3 Å². The molecule has 0 spiro atoms. The molecule has 3 rings (SSSR count). The molecule has 2 aromatic rings. The zero-order chi connectivity index (χ0) is 18.9. The SMILES string of the molecule is O=C(COC(=O)CSCc1cccs1)Nc1ccc(N2CCCCC2)cc1. The maximum Gasteiger partial charge on any atom is 0.316 e. The van der Waals surface area contributed by atoms with Crippen molar-refractivity contribution in [3.8, 4) is 0 Å². The second kappa shape index (κ2) is 10.4. The molecule has 7 heteroatoms. The zero-order valence-electron chi connectivity index (χ0n) is 15.2. The summed E-state index contributed by atoms with van der Waals surface area (Å²) in [6.07, 6.45) is 3.76. The number of carbonyl (C=O) groups is 2. The molecule has 0 saturated carbocycles. The van der Waals surface area contributed by atoms with Crippen LogP contribution in [0.1, 0.15) is 24.1 Å². The number of thioether (sulfide) groups is 1. The standard InChI is InChI=1S/C20H24N2O3S2/c23-19(13-25-20(24)15-26-14-18-5-4-12-27-18)21-16-6-8-17(9-7-16)22-10-2-1-3-11-22/h4-9,12H,1-3,10-11,13-15H2,(H,21,23). The number of thiophene rings is 1. The van der Waals surface area contributed by atoms with Gasteiger partial charge in [0.05, 0.1) is 5.75 Å². The Morgan fingerprint density at radius 1 is 1.11 bits per heavy atom. The lowest BCUT2D eigenvalue weighted by Crippen LogP contribution is -2.29. The van der Waals surface area contributed by atoms with Crippen molar-refractivity contribution in [1.82, 2.24) is 0 Å². The van der Waals surface area contributed by atoms with Crippen LogP contribution in [0.5, 0.6) is 0 Å². The number of nitrogens with one attached hydrogen (secondary N) is 1. The molecule has 1 aliphatic rings. The quantitative estimate of drug-likeness (QED) is 0.670. The summed E-state index contributed by atoms with van der Waals surface area (Å²) < 4.78 is 5.04. The summed E-state index contributed by atoms with van der Waals surface area (Å²) in [5, 5.41) is 4.78. The van der Waals surface area contributed by atoms with Crippen LogP contribution in [-0.4, -0.2) is 37.3 Å². The molecule has 0 radical (unpaired) electrons. The average molecular weight is 405 g/mol. The summed E-state index contributed by atoms with van der Waals surface area (Å²) in [5.74, 6) is 0.336. The van der Waals surface area contributed by atoms with E-state index in [4.69, 9.17) is 4.74 Å². The molecule has 27 heavy (non-hydrogen) atoms. The van der Waals surface area contributed by atoms with E-state index in [0.29, 0.717) is 5.69 Å². The van der Waals surface area contributed by atoms with E-state index < -0.39 is 0 Å². The van der Waals surface area contributed by atoms with Gasteiger partial charge in [-0.1, -0.05) is 6.07 Å². The molecule has 5 nitrogen and oxygen atoms in total. The summed E-state index contributed by atoms with van der Waals surface area (Å²) in [6, 6.07) is 11.8. The predicted molar refractivity (Wildman–Crippen MR) is 113 cm³/mol. The Bertz CT molecular complexity index is 726. The van der Waals surface area contributed by atoms with Gasteiger partial charge in [-0.15, -0.1) is 23.1 Å². The number of hydrogen-bond donors (Lipinski definition) is 1. The average Bonchev–Trinajstić information content (AvgIpc) is 3.21. The normalized spacial score (nSPS) is 14.0. The number of amides is 1. The number of piperidine rings is 1. The number of hydrogen-bond acceptors (Lipinski definition) is 6. The van der Waals surface area contributed by atoms with E-state index in [2.05, 4.69) is 10.2 Å². The molecule has 1 aromatic heterocycles. The van der Waals surface area contributed by atoms with Crippen LogP contribution in [0.2, 0.25) is 0 Å². The van der Waals surface area contributed by atoms with Crippen molar-refractivity contribution in [2.45, 2.75) is 25.0 Å². The third-order valence-electron chi connectivity index (χ3n) is 4.28. The van der Waals surface area contributed by atoms with Gasteiger partial charge < -0.3 is 15.0 Å². The minimum atomic E-state index is -0.368. The van der Waals surface area contributed by atoms with Crippen LogP contribution in [0.25, 0.3) is 0 Å². The Morgan fingerprint density at radius 2 is 1.89 bits per heavy atom. The van der Waals surface area contributed by atoms with E-state index in [9.17, 15) is 9.59 Å². The number of esters is 1. The van der Waals surface area contributed by atoms with E-state index in [-0.39, 0.29) is 24.2 Å². The summed E-state index contributed by atoms with van der Waals surface area (Å²) in [4.78, 5) is 27.3. The Labute approximate surface area is 168 Å². The van der Waals surface area contributed by atoms with Gasteiger partial charge in [-0.25, -0.2) is 0 Å². The molecule has 144 valence electrons. The smallest absolute Gasteiger partial charge is 0.316 e. The van der Waals surface area contributed by atoms with Gasteiger partial charge in [0.2, 0.25) is 0 Å². The second-order valence-electron chi connectivity index (χ2n) is 6.38. The molecule has 0 unspecified atom stereocenters. The fourth-order valence-corrected chi connectivity index (χ4v) is 4.58. The molecule has 1 N–H and O–H groups in total. The molecule has 1 saturated heterocycles. The van der Waals surface area contributed by atoms with Crippen molar-refractivity contribution in [3.63, 3.8) is 0 Å². The van der Waals surface area contributed by atoms with E-state index >= 15 is 0 Å². The number of nitrogens with zero attached hydrogens (tertiary/aromatic N) is 1. The van der Waals surface area contributed by atoms with Gasteiger partial charge in [-0.05, 0) is 55.0 Å². The van der Waals surface area contributed by atoms with Crippen molar-refractivity contribution in [2.75, 3.05) is 35.7 Å². The van der Waals surface area contributed by atoms with Crippen LogP contribution in [0.3, 0.4) is 0 Å². The van der Waals surface area contributed by atoms with Gasteiger partial charge >= 0.3 is 5.97 Å². The monoisotopic (exact) mass is 404 g/mol. The van der Waals surface area contributed by atoms with Crippen molar-refractivity contribution < 1.29 is 14.3 Å². The summed E-state index contributed by atoms with van der Waals surface area (Å²) in [5.41, 5.74) is 1.89. The minimum Gasteiger partial charge on any atom is -0.455 e. The third kappa shape index (κ3) is 6.59. The maximum atomic E-state index is 12.0. The molecule has 0 atom stereocenters. The van der Waals surface area contributed by atoms with Crippen LogP contribution in [-0.2, 0) is 20.1 Å². The predicted octanol–water partition coefficient (Wildman–Crippen LogP) is 4.15. The van der Waals surface area contributed by atoms with Crippen molar-refractivity contribution in [1.29, 1.82) is 0 Å². The van der Waals surface area contributed by atoms with Crippen LogP contribution in [0, 0.1) is 0 Å². The lowest BCUT2D eigenvalue weighted by atomic mass is 10.1. The summed E-state index contributed by atoms with van der Waals surface area (Å²) in [7, 11) is 0. The van der Waals surface area contributed by atoms with Gasteiger partial charge in [0, 0.05) is 35.1 Å². The lowest BCUT2D eigenvalue weighted by molar-refractivity contribution is -0.144. The first kappa shape index (κ1) is 19.8. The van der Waals surface area contributed by atoms with Gasteiger partial charge in [-0.2, -0.15) is 0 Å². The van der Waals surface area contributed by atoms with Crippen LogP contribution in [0.15, 0.2) is 41.8 Å². The van der Waals surface area contributed by atoms with E-state index in [1.54, 1.807) is 11.3 Å². The fourth-order valence-electron chi connectivity index (χ4n) is 2.92. The highest BCUT2D eigenvalue weighted by molar-refractivity contribution is 7.99. The molecule has 0 aliphatic carbocycles. The highest BCUT2D eigenvalue weighted by Crippen LogP contribution is 2.22. The molecular weight excluding hydrogens is 380 g/mol. The van der Waals surface area contributed by atoms with Gasteiger partial charge in [0.25, 0.3) is 5.91 Å². The number of carbonyl (C=O) groups excluding carboxylic acids is 2.